The molecule has 0 aliphatic heterocycles. The standard InChI is InChI=1S/C21H15F2N3S/c22-16-9-7-15(8-10-16)13-26-20(18-5-1-2-6-19(18)23)14-27-21(26)25-17-4-3-11-24-12-17/h1-12,14H,13H2. The zero-order chi connectivity index (χ0) is 18.6. The van der Waals surface area contributed by atoms with Crippen LogP contribution in [0.5, 0.6) is 0 Å². The summed E-state index contributed by atoms with van der Waals surface area (Å²) >= 11 is 1.42. The van der Waals surface area contributed by atoms with Crippen LogP contribution in [0.4, 0.5) is 14.5 Å². The molecule has 4 rings (SSSR count). The van der Waals surface area contributed by atoms with Gasteiger partial charge in [-0.25, -0.2) is 13.8 Å². The Balaban J connectivity index is 1.86. The van der Waals surface area contributed by atoms with E-state index >= 15 is 0 Å². The third-order valence-electron chi connectivity index (χ3n) is 4.07. The van der Waals surface area contributed by atoms with Crippen molar-refractivity contribution in [2.45, 2.75) is 6.54 Å². The Labute approximate surface area is 158 Å². The van der Waals surface area contributed by atoms with Crippen molar-refractivity contribution in [2.75, 3.05) is 0 Å². The van der Waals surface area contributed by atoms with Gasteiger partial charge in [0.1, 0.15) is 11.6 Å². The van der Waals surface area contributed by atoms with Crippen LogP contribution in [0.25, 0.3) is 11.3 Å². The predicted molar refractivity (Wildman–Crippen MR) is 103 cm³/mol. The van der Waals surface area contributed by atoms with Crippen molar-refractivity contribution in [3.8, 4) is 11.3 Å². The summed E-state index contributed by atoms with van der Waals surface area (Å²) in [6.07, 6.45) is 3.36. The Morgan fingerprint density at radius 3 is 2.52 bits per heavy atom. The summed E-state index contributed by atoms with van der Waals surface area (Å²) in [7, 11) is 0. The minimum absolute atomic E-state index is 0.288. The molecule has 0 amide bonds. The third kappa shape index (κ3) is 3.85. The summed E-state index contributed by atoms with van der Waals surface area (Å²) in [4.78, 5) is 9.45. The van der Waals surface area contributed by atoms with E-state index in [1.165, 1.54) is 29.5 Å². The molecule has 2 aromatic carbocycles. The van der Waals surface area contributed by atoms with Crippen molar-refractivity contribution >= 4 is 17.0 Å². The summed E-state index contributed by atoms with van der Waals surface area (Å²) in [5.74, 6) is -0.584. The highest BCUT2D eigenvalue weighted by Crippen LogP contribution is 2.24. The van der Waals surface area contributed by atoms with Crippen molar-refractivity contribution in [3.63, 3.8) is 0 Å². The molecule has 0 aliphatic rings. The van der Waals surface area contributed by atoms with Crippen molar-refractivity contribution in [1.29, 1.82) is 0 Å². The maximum Gasteiger partial charge on any atom is 0.190 e. The van der Waals surface area contributed by atoms with Crippen molar-refractivity contribution in [3.05, 3.63) is 100 Å². The van der Waals surface area contributed by atoms with Gasteiger partial charge in [-0.15, -0.1) is 11.3 Å². The van der Waals surface area contributed by atoms with Crippen LogP contribution in [0, 0.1) is 11.6 Å². The van der Waals surface area contributed by atoms with Gasteiger partial charge in [0.05, 0.1) is 24.1 Å². The Hall–Kier alpha value is -3.12. The Bertz CT molecular complexity index is 1120. The van der Waals surface area contributed by atoms with Gasteiger partial charge < -0.3 is 4.57 Å². The summed E-state index contributed by atoms with van der Waals surface area (Å²) in [6.45, 7) is 0.451. The lowest BCUT2D eigenvalue weighted by atomic mass is 10.1. The summed E-state index contributed by atoms with van der Waals surface area (Å²) in [5, 5.41) is 1.89. The molecule has 0 unspecified atom stereocenters. The third-order valence-corrected chi connectivity index (χ3v) is 4.94. The maximum absolute atomic E-state index is 14.4. The van der Waals surface area contributed by atoms with Gasteiger partial charge in [-0.05, 0) is 42.0 Å². The highest BCUT2D eigenvalue weighted by Gasteiger charge is 2.12. The van der Waals surface area contributed by atoms with E-state index in [1.807, 2.05) is 22.1 Å². The first kappa shape index (κ1) is 17.3. The second-order valence-corrected chi connectivity index (χ2v) is 6.76. The minimum atomic E-state index is -0.295. The fourth-order valence-corrected chi connectivity index (χ4v) is 3.68. The first-order valence-corrected chi connectivity index (χ1v) is 9.21. The molecule has 134 valence electrons. The van der Waals surface area contributed by atoms with Gasteiger partial charge in [-0.2, -0.15) is 0 Å². The van der Waals surface area contributed by atoms with Gasteiger partial charge in [0.15, 0.2) is 4.80 Å². The zero-order valence-corrected chi connectivity index (χ0v) is 15.0. The molecule has 6 heteroatoms. The average Bonchev–Trinajstić information content (AvgIpc) is 3.07. The van der Waals surface area contributed by atoms with Crippen molar-refractivity contribution in [1.82, 2.24) is 9.55 Å². The lowest BCUT2D eigenvalue weighted by Crippen LogP contribution is -2.17. The zero-order valence-electron chi connectivity index (χ0n) is 14.2. The van der Waals surface area contributed by atoms with E-state index in [1.54, 1.807) is 42.7 Å². The van der Waals surface area contributed by atoms with E-state index in [9.17, 15) is 8.78 Å². The van der Waals surface area contributed by atoms with Crippen LogP contribution in [0.3, 0.4) is 0 Å². The second-order valence-electron chi connectivity index (χ2n) is 5.92. The highest BCUT2D eigenvalue weighted by molar-refractivity contribution is 7.07. The normalized spacial score (nSPS) is 11.7. The summed E-state index contributed by atoms with van der Waals surface area (Å²) in [5.41, 5.74) is 2.85. The summed E-state index contributed by atoms with van der Waals surface area (Å²) < 4.78 is 29.6. The maximum atomic E-state index is 14.4. The number of benzene rings is 2. The fraction of sp³-hybridized carbons (Fsp3) is 0.0476. The molecule has 0 spiro atoms. The topological polar surface area (TPSA) is 30.2 Å². The minimum Gasteiger partial charge on any atom is -0.312 e. The number of thiazole rings is 1. The first-order chi connectivity index (χ1) is 13.2. The number of hydrogen-bond donors (Lipinski definition) is 0. The van der Waals surface area contributed by atoms with Gasteiger partial charge in [-0.3, -0.25) is 4.98 Å². The largest absolute Gasteiger partial charge is 0.312 e. The molecule has 0 saturated heterocycles. The lowest BCUT2D eigenvalue weighted by molar-refractivity contribution is 0.625. The molecule has 4 aromatic rings. The molecule has 27 heavy (non-hydrogen) atoms. The van der Waals surface area contributed by atoms with Gasteiger partial charge >= 0.3 is 0 Å². The number of rotatable bonds is 4. The van der Waals surface area contributed by atoms with E-state index in [4.69, 9.17) is 0 Å². The van der Waals surface area contributed by atoms with Crippen LogP contribution in [0.1, 0.15) is 5.56 Å². The van der Waals surface area contributed by atoms with Crippen LogP contribution in [0.15, 0.2) is 83.4 Å². The van der Waals surface area contributed by atoms with Crippen LogP contribution >= 0.6 is 11.3 Å². The monoisotopic (exact) mass is 379 g/mol. The lowest BCUT2D eigenvalue weighted by Gasteiger charge is -2.10. The van der Waals surface area contributed by atoms with Crippen molar-refractivity contribution < 1.29 is 8.78 Å². The smallest absolute Gasteiger partial charge is 0.190 e. The number of pyridine rings is 1. The highest BCUT2D eigenvalue weighted by atomic mass is 32.1. The Morgan fingerprint density at radius 2 is 1.78 bits per heavy atom. The predicted octanol–water partition coefficient (Wildman–Crippen LogP) is 5.17. The molecule has 0 bridgehead atoms. The Morgan fingerprint density at radius 1 is 0.963 bits per heavy atom. The number of aromatic nitrogens is 2. The van der Waals surface area contributed by atoms with Crippen LogP contribution in [-0.4, -0.2) is 9.55 Å². The molecule has 2 heterocycles. The van der Waals surface area contributed by atoms with E-state index in [0.717, 1.165) is 11.3 Å². The summed E-state index contributed by atoms with van der Waals surface area (Å²) in [6, 6.07) is 16.6. The van der Waals surface area contributed by atoms with Gasteiger partial charge in [0.2, 0.25) is 0 Å². The molecule has 3 nitrogen and oxygen atoms in total. The van der Waals surface area contributed by atoms with Gasteiger partial charge in [0, 0.05) is 17.1 Å². The van der Waals surface area contributed by atoms with E-state index in [-0.39, 0.29) is 11.6 Å². The van der Waals surface area contributed by atoms with Gasteiger partial charge in [0.25, 0.3) is 0 Å². The number of nitrogens with zero attached hydrogens (tertiary/aromatic N) is 3. The fourth-order valence-electron chi connectivity index (χ4n) is 2.76. The number of hydrogen-bond acceptors (Lipinski definition) is 3. The van der Waals surface area contributed by atoms with Gasteiger partial charge in [-0.1, -0.05) is 24.3 Å². The van der Waals surface area contributed by atoms with E-state index < -0.39 is 0 Å². The molecule has 0 saturated carbocycles. The van der Waals surface area contributed by atoms with Crippen molar-refractivity contribution in [2.24, 2.45) is 4.99 Å². The van der Waals surface area contributed by atoms with Crippen LogP contribution in [-0.2, 0) is 6.54 Å². The van der Waals surface area contributed by atoms with E-state index in [0.29, 0.717) is 22.6 Å². The van der Waals surface area contributed by atoms with Crippen LogP contribution in [0.2, 0.25) is 0 Å². The molecule has 0 aliphatic carbocycles. The molecular formula is C21H15F2N3S. The van der Waals surface area contributed by atoms with Crippen LogP contribution < -0.4 is 4.80 Å². The molecular weight excluding hydrogens is 364 g/mol. The second kappa shape index (κ2) is 7.63. The molecule has 0 atom stereocenters. The van der Waals surface area contributed by atoms with E-state index in [2.05, 4.69) is 9.98 Å². The quantitative estimate of drug-likeness (QED) is 0.481. The first-order valence-electron chi connectivity index (χ1n) is 8.33. The molecule has 0 radical (unpaired) electrons. The molecule has 0 fully saturated rings. The SMILES string of the molecule is Fc1ccc(Cn2c(-c3ccccc3F)csc2=Nc2cccnc2)cc1. The molecule has 0 N–H and O–H groups in total. The number of halogens is 2. The Kier molecular flexibility index (Phi) is 4.89. The molecule has 2 aromatic heterocycles. The average molecular weight is 379 g/mol.